The van der Waals surface area contributed by atoms with E-state index < -0.39 is 0 Å². The van der Waals surface area contributed by atoms with Crippen LogP contribution in [-0.2, 0) is 6.54 Å². The molecule has 0 aromatic carbocycles. The Labute approximate surface area is 107 Å². The van der Waals surface area contributed by atoms with Gasteiger partial charge in [0.2, 0.25) is 0 Å². The largest absolute Gasteiger partial charge is 0.370 e. The van der Waals surface area contributed by atoms with Crippen LogP contribution in [0.5, 0.6) is 0 Å². The van der Waals surface area contributed by atoms with Gasteiger partial charge in [-0.1, -0.05) is 0 Å². The Morgan fingerprint density at radius 3 is 2.89 bits per heavy atom. The van der Waals surface area contributed by atoms with E-state index >= 15 is 0 Å². The predicted octanol–water partition coefficient (Wildman–Crippen LogP) is 2.29. The van der Waals surface area contributed by atoms with Gasteiger partial charge in [0.15, 0.2) is 0 Å². The van der Waals surface area contributed by atoms with E-state index in [0.717, 1.165) is 12.2 Å². The first kappa shape index (κ1) is 12.1. The molecule has 2 aromatic heterocycles. The van der Waals surface area contributed by atoms with Crippen LogP contribution in [0.4, 0.5) is 5.69 Å². The van der Waals surface area contributed by atoms with Gasteiger partial charge in [-0.15, -0.1) is 0 Å². The smallest absolute Gasteiger partial charge is 0.142 e. The third kappa shape index (κ3) is 2.64. The molecule has 4 nitrogen and oxygen atoms in total. The topological polar surface area (TPSA) is 52.8 Å². The van der Waals surface area contributed by atoms with Gasteiger partial charge in [0.1, 0.15) is 11.8 Å². The van der Waals surface area contributed by atoms with E-state index in [4.69, 9.17) is 5.26 Å². The molecule has 0 fully saturated rings. The summed E-state index contributed by atoms with van der Waals surface area (Å²) in [5, 5.41) is 8.84. The molecule has 2 heterocycles. The third-order valence-electron chi connectivity index (χ3n) is 2.85. The van der Waals surface area contributed by atoms with Crippen LogP contribution in [0.1, 0.15) is 16.8 Å². The number of nitriles is 1. The van der Waals surface area contributed by atoms with Crippen LogP contribution >= 0.6 is 0 Å². The molecule has 0 atom stereocenters. The molecule has 0 N–H and O–H groups in total. The highest BCUT2D eigenvalue weighted by atomic mass is 15.1. The second kappa shape index (κ2) is 5.28. The number of anilines is 1. The van der Waals surface area contributed by atoms with Gasteiger partial charge < -0.3 is 4.90 Å². The lowest BCUT2D eigenvalue weighted by molar-refractivity contribution is 0.903. The average molecular weight is 238 g/mol. The second-order valence-corrected chi connectivity index (χ2v) is 4.17. The molecule has 0 saturated heterocycles. The molecule has 0 aliphatic carbocycles. The van der Waals surface area contributed by atoms with Crippen molar-refractivity contribution in [2.24, 2.45) is 0 Å². The fourth-order valence-electron chi connectivity index (χ4n) is 1.73. The van der Waals surface area contributed by atoms with Crippen molar-refractivity contribution >= 4 is 5.69 Å². The Morgan fingerprint density at radius 2 is 2.17 bits per heavy atom. The molecular formula is C14H14N4. The SMILES string of the molecule is Cc1ccncc1CN(C)c1ccnc(C#N)c1. The Bertz CT molecular complexity index is 586. The molecule has 4 heteroatoms. The van der Waals surface area contributed by atoms with Crippen LogP contribution in [0.2, 0.25) is 0 Å². The molecule has 0 unspecified atom stereocenters. The third-order valence-corrected chi connectivity index (χ3v) is 2.85. The zero-order valence-corrected chi connectivity index (χ0v) is 10.5. The summed E-state index contributed by atoms with van der Waals surface area (Å²) in [4.78, 5) is 10.2. The number of pyridine rings is 2. The molecule has 18 heavy (non-hydrogen) atoms. The summed E-state index contributed by atoms with van der Waals surface area (Å²) in [6, 6.07) is 7.72. The summed E-state index contributed by atoms with van der Waals surface area (Å²) < 4.78 is 0. The fraction of sp³-hybridized carbons (Fsp3) is 0.214. The van der Waals surface area contributed by atoms with Crippen LogP contribution in [0.15, 0.2) is 36.8 Å². The van der Waals surface area contributed by atoms with E-state index in [9.17, 15) is 0 Å². The number of nitrogens with zero attached hydrogens (tertiary/aromatic N) is 4. The molecule has 0 radical (unpaired) electrons. The van der Waals surface area contributed by atoms with E-state index in [1.54, 1.807) is 18.5 Å². The standard InChI is InChI=1S/C14H14N4/c1-11-3-5-16-9-12(11)10-18(2)14-4-6-17-13(7-14)8-15/h3-7,9H,10H2,1-2H3. The lowest BCUT2D eigenvalue weighted by Gasteiger charge is -2.20. The van der Waals surface area contributed by atoms with Crippen molar-refractivity contribution in [2.45, 2.75) is 13.5 Å². The lowest BCUT2D eigenvalue weighted by Crippen LogP contribution is -2.17. The summed E-state index contributed by atoms with van der Waals surface area (Å²) >= 11 is 0. The Kier molecular flexibility index (Phi) is 3.54. The summed E-state index contributed by atoms with van der Waals surface area (Å²) in [7, 11) is 1.99. The summed E-state index contributed by atoms with van der Waals surface area (Å²) in [5.41, 5.74) is 3.80. The monoisotopic (exact) mass is 238 g/mol. The summed E-state index contributed by atoms with van der Waals surface area (Å²) in [6.07, 6.45) is 5.32. The van der Waals surface area contributed by atoms with E-state index in [-0.39, 0.29) is 0 Å². The van der Waals surface area contributed by atoms with E-state index in [0.29, 0.717) is 5.69 Å². The number of aryl methyl sites for hydroxylation is 1. The quantitative estimate of drug-likeness (QED) is 0.823. The first-order valence-corrected chi connectivity index (χ1v) is 5.67. The number of hydrogen-bond acceptors (Lipinski definition) is 4. The zero-order chi connectivity index (χ0) is 13.0. The van der Waals surface area contributed by atoms with Crippen LogP contribution in [0.25, 0.3) is 0 Å². The van der Waals surface area contributed by atoms with Gasteiger partial charge in [0, 0.05) is 37.9 Å². The highest BCUT2D eigenvalue weighted by molar-refractivity contribution is 5.48. The molecule has 2 aromatic rings. The van der Waals surface area contributed by atoms with Crippen molar-refractivity contribution < 1.29 is 0 Å². The van der Waals surface area contributed by atoms with Gasteiger partial charge >= 0.3 is 0 Å². The van der Waals surface area contributed by atoms with Crippen molar-refractivity contribution in [3.05, 3.63) is 53.6 Å². The maximum atomic E-state index is 8.84. The molecule has 0 saturated carbocycles. The number of aromatic nitrogens is 2. The van der Waals surface area contributed by atoms with Gasteiger partial charge in [0.25, 0.3) is 0 Å². The second-order valence-electron chi connectivity index (χ2n) is 4.17. The van der Waals surface area contributed by atoms with Crippen molar-refractivity contribution in [2.75, 3.05) is 11.9 Å². The first-order chi connectivity index (χ1) is 8.70. The highest BCUT2D eigenvalue weighted by Crippen LogP contribution is 2.16. The van der Waals surface area contributed by atoms with Crippen molar-refractivity contribution in [1.29, 1.82) is 5.26 Å². The summed E-state index contributed by atoms with van der Waals surface area (Å²) in [5.74, 6) is 0. The lowest BCUT2D eigenvalue weighted by atomic mass is 10.1. The van der Waals surface area contributed by atoms with E-state index in [2.05, 4.69) is 21.8 Å². The number of hydrogen-bond donors (Lipinski definition) is 0. The highest BCUT2D eigenvalue weighted by Gasteiger charge is 2.05. The van der Waals surface area contributed by atoms with Crippen molar-refractivity contribution in [3.8, 4) is 6.07 Å². The normalized spacial score (nSPS) is 9.83. The maximum absolute atomic E-state index is 8.84. The minimum Gasteiger partial charge on any atom is -0.370 e. The summed E-state index contributed by atoms with van der Waals surface area (Å²) in [6.45, 7) is 2.83. The number of rotatable bonds is 3. The molecule has 0 aliphatic rings. The Hall–Kier alpha value is -2.41. The van der Waals surface area contributed by atoms with E-state index in [1.165, 1.54) is 11.1 Å². The van der Waals surface area contributed by atoms with E-state index in [1.807, 2.05) is 31.4 Å². The minimum atomic E-state index is 0.433. The minimum absolute atomic E-state index is 0.433. The zero-order valence-electron chi connectivity index (χ0n) is 10.5. The van der Waals surface area contributed by atoms with Crippen LogP contribution in [0, 0.1) is 18.3 Å². The Morgan fingerprint density at radius 1 is 1.33 bits per heavy atom. The van der Waals surface area contributed by atoms with Crippen molar-refractivity contribution in [1.82, 2.24) is 9.97 Å². The molecule has 0 amide bonds. The molecule has 2 rings (SSSR count). The van der Waals surface area contributed by atoms with Crippen molar-refractivity contribution in [3.63, 3.8) is 0 Å². The average Bonchev–Trinajstić information content (AvgIpc) is 2.41. The van der Waals surface area contributed by atoms with Crippen LogP contribution in [-0.4, -0.2) is 17.0 Å². The van der Waals surface area contributed by atoms with Gasteiger partial charge in [0.05, 0.1) is 0 Å². The molecule has 0 aliphatic heterocycles. The molecule has 0 spiro atoms. The van der Waals surface area contributed by atoms with Gasteiger partial charge in [-0.3, -0.25) is 4.98 Å². The van der Waals surface area contributed by atoms with Gasteiger partial charge in [-0.05, 0) is 36.2 Å². The Balaban J connectivity index is 2.20. The molecule has 0 bridgehead atoms. The van der Waals surface area contributed by atoms with Gasteiger partial charge in [-0.2, -0.15) is 5.26 Å². The molecular weight excluding hydrogens is 224 g/mol. The van der Waals surface area contributed by atoms with Crippen LogP contribution in [0.3, 0.4) is 0 Å². The fourth-order valence-corrected chi connectivity index (χ4v) is 1.73. The maximum Gasteiger partial charge on any atom is 0.142 e. The van der Waals surface area contributed by atoms with Crippen LogP contribution < -0.4 is 4.90 Å². The van der Waals surface area contributed by atoms with Gasteiger partial charge in [-0.25, -0.2) is 4.98 Å². The molecule has 90 valence electrons. The first-order valence-electron chi connectivity index (χ1n) is 5.67. The predicted molar refractivity (Wildman–Crippen MR) is 70.0 cm³/mol.